The first-order valence-electron chi connectivity index (χ1n) is 5.90. The van der Waals surface area contributed by atoms with E-state index in [-0.39, 0.29) is 6.04 Å². The minimum Gasteiger partial charge on any atom is -0.337 e. The summed E-state index contributed by atoms with van der Waals surface area (Å²) in [5, 5.41) is 0.385. The van der Waals surface area contributed by atoms with Crippen molar-refractivity contribution < 1.29 is 4.79 Å². The average Bonchev–Trinajstić information content (AvgIpc) is 2.77. The Morgan fingerprint density at radius 1 is 1.40 bits per heavy atom. The van der Waals surface area contributed by atoms with E-state index in [9.17, 15) is 4.79 Å². The van der Waals surface area contributed by atoms with E-state index in [1.807, 2.05) is 13.0 Å². The molecule has 0 radical (unpaired) electrons. The molecule has 1 aromatic carbocycles. The van der Waals surface area contributed by atoms with Crippen LogP contribution in [0.4, 0.5) is 0 Å². The van der Waals surface area contributed by atoms with Crippen LogP contribution < -0.4 is 0 Å². The van der Waals surface area contributed by atoms with E-state index in [1.54, 1.807) is 16.7 Å². The fourth-order valence-corrected chi connectivity index (χ4v) is 2.86. The van der Waals surface area contributed by atoms with Crippen LogP contribution in [0.1, 0.15) is 35.4 Å². The van der Waals surface area contributed by atoms with E-state index < -0.39 is 5.24 Å². The van der Waals surface area contributed by atoms with Gasteiger partial charge < -0.3 is 9.55 Å². The van der Waals surface area contributed by atoms with E-state index in [4.69, 9.17) is 47.0 Å². The van der Waals surface area contributed by atoms with E-state index in [0.717, 1.165) is 12.0 Å². The molecule has 0 spiro atoms. The molecule has 0 aliphatic carbocycles. The lowest BCUT2D eigenvalue weighted by molar-refractivity contribution is 0.107. The Morgan fingerprint density at radius 2 is 2.10 bits per heavy atom. The summed E-state index contributed by atoms with van der Waals surface area (Å²) >= 11 is 22.8. The molecule has 1 heterocycles. The fourth-order valence-electron chi connectivity index (χ4n) is 2.13. The third-order valence-corrected chi connectivity index (χ3v) is 4.29. The van der Waals surface area contributed by atoms with Gasteiger partial charge in [-0.2, -0.15) is 0 Å². The van der Waals surface area contributed by atoms with Gasteiger partial charge in [-0.05, 0) is 47.9 Å². The van der Waals surface area contributed by atoms with Crippen LogP contribution in [0, 0.1) is 4.77 Å². The van der Waals surface area contributed by atoms with Crippen LogP contribution >= 0.6 is 47.0 Å². The van der Waals surface area contributed by atoms with E-state index >= 15 is 0 Å². The Balaban J connectivity index is 2.58. The Labute approximate surface area is 136 Å². The van der Waals surface area contributed by atoms with Crippen LogP contribution in [0.15, 0.2) is 24.4 Å². The molecule has 3 nitrogen and oxygen atoms in total. The molecule has 1 N–H and O–H groups in total. The molecule has 2 aromatic rings. The third kappa shape index (κ3) is 2.93. The highest BCUT2D eigenvalue weighted by Gasteiger charge is 2.20. The van der Waals surface area contributed by atoms with Crippen molar-refractivity contribution in [2.75, 3.05) is 0 Å². The predicted molar refractivity (Wildman–Crippen MR) is 84.7 cm³/mol. The molecular weight excluding hydrogens is 339 g/mol. The first kappa shape index (κ1) is 15.6. The van der Waals surface area contributed by atoms with Crippen LogP contribution in [0.2, 0.25) is 10.0 Å². The van der Waals surface area contributed by atoms with Gasteiger partial charge in [0.1, 0.15) is 5.69 Å². The molecule has 0 amide bonds. The number of aromatic nitrogens is 2. The average molecular weight is 350 g/mol. The highest BCUT2D eigenvalue weighted by atomic mass is 35.5. The number of carbonyl (C=O) groups excluding carboxylic acids is 1. The molecule has 0 saturated heterocycles. The summed E-state index contributed by atoms with van der Waals surface area (Å²) in [5.41, 5.74) is 1.24. The molecule has 106 valence electrons. The van der Waals surface area contributed by atoms with Crippen LogP contribution in [0.25, 0.3) is 0 Å². The number of hydrogen-bond acceptors (Lipinski definition) is 2. The van der Waals surface area contributed by atoms with Gasteiger partial charge in [0.15, 0.2) is 4.77 Å². The number of H-pyrrole nitrogens is 1. The molecule has 0 aliphatic heterocycles. The summed E-state index contributed by atoms with van der Waals surface area (Å²) in [5.74, 6) is 0. The lowest BCUT2D eigenvalue weighted by Gasteiger charge is -2.19. The number of benzene rings is 1. The number of halogens is 3. The van der Waals surface area contributed by atoms with Crippen LogP contribution in [-0.4, -0.2) is 14.8 Å². The lowest BCUT2D eigenvalue weighted by atomic mass is 10.0. The van der Waals surface area contributed by atoms with Crippen molar-refractivity contribution in [2.24, 2.45) is 0 Å². The van der Waals surface area contributed by atoms with Crippen molar-refractivity contribution >= 4 is 52.3 Å². The first-order chi connectivity index (χ1) is 9.45. The second-order valence-electron chi connectivity index (χ2n) is 4.22. The molecule has 20 heavy (non-hydrogen) atoms. The fraction of sp³-hybridized carbons (Fsp3) is 0.231. The minimum absolute atomic E-state index is 0.138. The molecule has 0 saturated carbocycles. The number of rotatable bonds is 4. The highest BCUT2D eigenvalue weighted by molar-refractivity contribution is 7.71. The van der Waals surface area contributed by atoms with Crippen molar-refractivity contribution in [2.45, 2.75) is 19.4 Å². The molecule has 2 rings (SSSR count). The Morgan fingerprint density at radius 3 is 2.65 bits per heavy atom. The molecule has 1 aromatic heterocycles. The summed E-state index contributed by atoms with van der Waals surface area (Å²) in [6.45, 7) is 1.99. The summed E-state index contributed by atoms with van der Waals surface area (Å²) < 4.78 is 2.14. The van der Waals surface area contributed by atoms with Crippen molar-refractivity contribution in [3.8, 4) is 0 Å². The second kappa shape index (κ2) is 6.31. The number of nitrogens with zero attached hydrogens (tertiary/aromatic N) is 1. The second-order valence-corrected chi connectivity index (χ2v) is 5.76. The monoisotopic (exact) mass is 348 g/mol. The lowest BCUT2D eigenvalue weighted by Crippen LogP contribution is -2.14. The summed E-state index contributed by atoms with van der Waals surface area (Å²) in [4.78, 5) is 14.3. The van der Waals surface area contributed by atoms with Gasteiger partial charge >= 0.3 is 0 Å². The molecule has 1 atom stereocenters. The van der Waals surface area contributed by atoms with Gasteiger partial charge in [-0.25, -0.2) is 0 Å². The molecule has 0 aliphatic rings. The largest absolute Gasteiger partial charge is 0.337 e. The predicted octanol–water partition coefficient (Wildman–Crippen LogP) is 5.23. The SMILES string of the molecule is CCC(c1ccc(Cl)c(Cl)c1)n1c(C(=O)Cl)c[nH]c1=S. The number of hydrogen-bond donors (Lipinski definition) is 1. The molecule has 1 unspecified atom stereocenters. The normalized spacial score (nSPS) is 12.4. The van der Waals surface area contributed by atoms with Crippen LogP contribution in [0.5, 0.6) is 0 Å². The summed E-state index contributed by atoms with van der Waals surface area (Å²) in [6, 6.07) is 5.22. The van der Waals surface area contributed by atoms with Crippen LogP contribution in [-0.2, 0) is 0 Å². The summed E-state index contributed by atoms with van der Waals surface area (Å²) in [7, 11) is 0. The van der Waals surface area contributed by atoms with Gasteiger partial charge in [-0.3, -0.25) is 4.79 Å². The first-order valence-corrected chi connectivity index (χ1v) is 7.44. The van der Waals surface area contributed by atoms with E-state index in [0.29, 0.717) is 20.5 Å². The zero-order valence-electron chi connectivity index (χ0n) is 10.5. The van der Waals surface area contributed by atoms with Gasteiger partial charge in [0.2, 0.25) is 0 Å². The molecular formula is C13H11Cl3N2OS. The van der Waals surface area contributed by atoms with Crippen molar-refractivity contribution in [3.05, 3.63) is 50.5 Å². The Kier molecular flexibility index (Phi) is 4.91. The zero-order valence-corrected chi connectivity index (χ0v) is 13.6. The van der Waals surface area contributed by atoms with Crippen LogP contribution in [0.3, 0.4) is 0 Å². The van der Waals surface area contributed by atoms with Gasteiger partial charge in [0, 0.05) is 6.20 Å². The van der Waals surface area contributed by atoms with Crippen molar-refractivity contribution in [1.82, 2.24) is 9.55 Å². The maximum atomic E-state index is 11.5. The molecule has 7 heteroatoms. The number of imidazole rings is 1. The quantitative estimate of drug-likeness (QED) is 0.606. The summed E-state index contributed by atoms with van der Waals surface area (Å²) in [6.07, 6.45) is 2.24. The minimum atomic E-state index is -0.559. The van der Waals surface area contributed by atoms with E-state index in [1.165, 1.54) is 6.20 Å². The van der Waals surface area contributed by atoms with Crippen molar-refractivity contribution in [3.63, 3.8) is 0 Å². The van der Waals surface area contributed by atoms with Gasteiger partial charge in [0.25, 0.3) is 5.24 Å². The smallest absolute Gasteiger partial charge is 0.270 e. The van der Waals surface area contributed by atoms with E-state index in [2.05, 4.69) is 4.98 Å². The number of aromatic amines is 1. The standard InChI is InChI=1S/C13H11Cl3N2OS/c1-2-10(7-3-4-8(14)9(15)5-7)18-11(12(16)19)6-17-13(18)20/h3-6,10H,2H2,1H3,(H,17,20). The Hall–Kier alpha value is -0.810. The molecule has 0 bridgehead atoms. The third-order valence-electron chi connectivity index (χ3n) is 3.04. The number of carbonyl (C=O) groups is 1. The van der Waals surface area contributed by atoms with Gasteiger partial charge in [0.05, 0.1) is 16.1 Å². The zero-order chi connectivity index (χ0) is 14.9. The Bertz CT molecular complexity index is 708. The maximum Gasteiger partial charge on any atom is 0.270 e. The highest BCUT2D eigenvalue weighted by Crippen LogP contribution is 2.30. The van der Waals surface area contributed by atoms with Gasteiger partial charge in [-0.15, -0.1) is 0 Å². The van der Waals surface area contributed by atoms with Gasteiger partial charge in [-0.1, -0.05) is 36.2 Å². The van der Waals surface area contributed by atoms with Crippen molar-refractivity contribution in [1.29, 1.82) is 0 Å². The topological polar surface area (TPSA) is 37.8 Å². The number of nitrogens with one attached hydrogen (secondary N) is 1. The maximum absolute atomic E-state index is 11.5. The molecule has 0 fully saturated rings.